The lowest BCUT2D eigenvalue weighted by Gasteiger charge is -2.19. The summed E-state index contributed by atoms with van der Waals surface area (Å²) in [5, 5.41) is 17.6. The fourth-order valence-corrected chi connectivity index (χ4v) is 3.26. The highest BCUT2D eigenvalue weighted by Crippen LogP contribution is 2.27. The van der Waals surface area contributed by atoms with E-state index in [1.54, 1.807) is 18.2 Å². The Hall–Kier alpha value is -2.80. The first-order valence-electron chi connectivity index (χ1n) is 9.65. The Morgan fingerprint density at radius 2 is 1.97 bits per heavy atom. The molecule has 0 amide bonds. The van der Waals surface area contributed by atoms with Crippen LogP contribution in [0.5, 0.6) is 0 Å². The van der Waals surface area contributed by atoms with Gasteiger partial charge in [0.15, 0.2) is 0 Å². The van der Waals surface area contributed by atoms with Gasteiger partial charge in [-0.1, -0.05) is 35.9 Å². The molecule has 1 heterocycles. The van der Waals surface area contributed by atoms with E-state index in [1.165, 1.54) is 13.4 Å². The van der Waals surface area contributed by atoms with Crippen LogP contribution in [-0.2, 0) is 4.74 Å². The van der Waals surface area contributed by atoms with Gasteiger partial charge < -0.3 is 24.9 Å². The number of esters is 1. The van der Waals surface area contributed by atoms with E-state index in [9.17, 15) is 9.90 Å². The summed E-state index contributed by atoms with van der Waals surface area (Å²) in [6, 6.07) is 16.5. The second-order valence-corrected chi connectivity index (χ2v) is 7.43. The normalized spacial score (nSPS) is 12.9. The third-order valence-corrected chi connectivity index (χ3v) is 4.94. The molecule has 6 nitrogen and oxygen atoms in total. The first kappa shape index (κ1) is 21.9. The summed E-state index contributed by atoms with van der Waals surface area (Å²) in [7, 11) is 1.34. The molecule has 0 saturated carbocycles. The lowest BCUT2D eigenvalue weighted by atomic mass is 10.1. The Morgan fingerprint density at radius 1 is 1.17 bits per heavy atom. The van der Waals surface area contributed by atoms with E-state index < -0.39 is 12.1 Å². The molecule has 7 heteroatoms. The molecule has 0 bridgehead atoms. The first-order chi connectivity index (χ1) is 14.5. The van der Waals surface area contributed by atoms with Gasteiger partial charge >= 0.3 is 5.97 Å². The number of aliphatic hydroxyl groups is 1. The summed E-state index contributed by atoms with van der Waals surface area (Å²) < 4.78 is 10.3. The number of methoxy groups -OCH3 is 1. The molecule has 2 aromatic carbocycles. The standard InChI is InChI=1S/C23H25ClN2O4/c1-15(25-14-21(27)16-5-3-7-18(24)11-16)13-26-19-8-4-6-17(12-19)22-20(9-10-30-22)23(28)29-2/h3-12,15,21,25-27H,13-14H2,1-2H3/t15-,21+/m1/s1. The van der Waals surface area contributed by atoms with Crippen LogP contribution in [0.4, 0.5) is 5.69 Å². The van der Waals surface area contributed by atoms with Crippen molar-refractivity contribution in [2.45, 2.75) is 19.1 Å². The molecule has 30 heavy (non-hydrogen) atoms. The number of hydrogen-bond acceptors (Lipinski definition) is 6. The third kappa shape index (κ3) is 5.63. The molecule has 158 valence electrons. The van der Waals surface area contributed by atoms with Crippen LogP contribution >= 0.6 is 11.6 Å². The lowest BCUT2D eigenvalue weighted by Crippen LogP contribution is -2.35. The number of aliphatic hydroxyl groups excluding tert-OH is 1. The molecule has 0 fully saturated rings. The van der Waals surface area contributed by atoms with Gasteiger partial charge in [0, 0.05) is 35.4 Å². The SMILES string of the molecule is COC(=O)c1ccoc1-c1cccc(NC[C@@H](C)NC[C@H](O)c2cccc(Cl)c2)c1. The van der Waals surface area contributed by atoms with Gasteiger partial charge in [0.1, 0.15) is 11.3 Å². The van der Waals surface area contributed by atoms with Crippen LogP contribution in [0.2, 0.25) is 5.02 Å². The Labute approximate surface area is 180 Å². The van der Waals surface area contributed by atoms with Gasteiger partial charge in [0.2, 0.25) is 0 Å². The van der Waals surface area contributed by atoms with Crippen LogP contribution in [0.15, 0.2) is 65.3 Å². The molecule has 1 aromatic heterocycles. The summed E-state index contributed by atoms with van der Waals surface area (Å²) in [5.74, 6) is 0.0366. The number of anilines is 1. The first-order valence-corrected chi connectivity index (χ1v) is 10.0. The molecule has 3 aromatic rings. The third-order valence-electron chi connectivity index (χ3n) is 4.70. The van der Waals surface area contributed by atoms with Crippen LogP contribution in [0.1, 0.15) is 28.9 Å². The van der Waals surface area contributed by atoms with E-state index in [0.717, 1.165) is 16.8 Å². The lowest BCUT2D eigenvalue weighted by molar-refractivity contribution is 0.0601. The highest BCUT2D eigenvalue weighted by molar-refractivity contribution is 6.30. The van der Waals surface area contributed by atoms with Crippen molar-refractivity contribution in [3.63, 3.8) is 0 Å². The molecule has 0 spiro atoms. The van der Waals surface area contributed by atoms with Crippen molar-refractivity contribution in [3.8, 4) is 11.3 Å². The van der Waals surface area contributed by atoms with Gasteiger partial charge in [0.25, 0.3) is 0 Å². The second-order valence-electron chi connectivity index (χ2n) is 7.00. The fourth-order valence-electron chi connectivity index (χ4n) is 3.06. The van der Waals surface area contributed by atoms with Crippen molar-refractivity contribution in [2.75, 3.05) is 25.5 Å². The summed E-state index contributed by atoms with van der Waals surface area (Å²) in [5.41, 5.74) is 2.84. The van der Waals surface area contributed by atoms with Crippen LogP contribution < -0.4 is 10.6 Å². The smallest absolute Gasteiger partial charge is 0.341 e. The van der Waals surface area contributed by atoms with Crippen molar-refractivity contribution < 1.29 is 19.1 Å². The predicted molar refractivity (Wildman–Crippen MR) is 118 cm³/mol. The van der Waals surface area contributed by atoms with Crippen molar-refractivity contribution >= 4 is 23.3 Å². The molecule has 3 rings (SSSR count). The predicted octanol–water partition coefficient (Wildman–Crippen LogP) is 4.51. The van der Waals surface area contributed by atoms with E-state index >= 15 is 0 Å². The van der Waals surface area contributed by atoms with Gasteiger partial charge in [-0.2, -0.15) is 0 Å². The van der Waals surface area contributed by atoms with E-state index in [0.29, 0.717) is 29.4 Å². The minimum atomic E-state index is -0.634. The maximum absolute atomic E-state index is 11.9. The number of carbonyl (C=O) groups excluding carboxylic acids is 1. The maximum Gasteiger partial charge on any atom is 0.341 e. The number of ether oxygens (including phenoxy) is 1. The molecule has 0 saturated heterocycles. The molecular weight excluding hydrogens is 404 g/mol. The monoisotopic (exact) mass is 428 g/mol. The average molecular weight is 429 g/mol. The van der Waals surface area contributed by atoms with Crippen LogP contribution in [0.3, 0.4) is 0 Å². The number of nitrogens with one attached hydrogen (secondary N) is 2. The Kier molecular flexibility index (Phi) is 7.52. The Balaban J connectivity index is 1.55. The molecular formula is C23H25ClN2O4. The Bertz CT molecular complexity index is 989. The molecule has 2 atom stereocenters. The van der Waals surface area contributed by atoms with E-state index in [1.807, 2.05) is 43.3 Å². The van der Waals surface area contributed by atoms with Gasteiger partial charge in [-0.05, 0) is 42.8 Å². The second kappa shape index (κ2) is 10.3. The van der Waals surface area contributed by atoms with E-state index in [-0.39, 0.29) is 6.04 Å². The van der Waals surface area contributed by atoms with Crippen LogP contribution in [0.25, 0.3) is 11.3 Å². The molecule has 0 aliphatic heterocycles. The van der Waals surface area contributed by atoms with Crippen LogP contribution in [0, 0.1) is 0 Å². The summed E-state index contributed by atoms with van der Waals surface area (Å²) in [6.07, 6.45) is 0.837. The van der Waals surface area contributed by atoms with Crippen molar-refractivity contribution in [1.29, 1.82) is 0 Å². The minimum Gasteiger partial charge on any atom is -0.465 e. The highest BCUT2D eigenvalue weighted by Gasteiger charge is 2.17. The Morgan fingerprint density at radius 3 is 2.73 bits per heavy atom. The van der Waals surface area contributed by atoms with Gasteiger partial charge in [0.05, 0.1) is 19.5 Å². The van der Waals surface area contributed by atoms with Crippen molar-refractivity contribution in [2.24, 2.45) is 0 Å². The average Bonchev–Trinajstić information content (AvgIpc) is 3.25. The summed E-state index contributed by atoms with van der Waals surface area (Å²) in [4.78, 5) is 11.9. The topological polar surface area (TPSA) is 83.7 Å². The zero-order chi connectivity index (χ0) is 21.5. The van der Waals surface area contributed by atoms with Crippen LogP contribution in [-0.4, -0.2) is 37.3 Å². The molecule has 0 aliphatic rings. The maximum atomic E-state index is 11.9. The zero-order valence-corrected chi connectivity index (χ0v) is 17.6. The molecule has 0 unspecified atom stereocenters. The van der Waals surface area contributed by atoms with E-state index in [2.05, 4.69) is 10.6 Å². The minimum absolute atomic E-state index is 0.108. The fraction of sp³-hybridized carbons (Fsp3) is 0.261. The van der Waals surface area contributed by atoms with Crippen molar-refractivity contribution in [3.05, 3.63) is 77.0 Å². The number of rotatable bonds is 9. The number of carbonyl (C=O) groups is 1. The number of benzene rings is 2. The van der Waals surface area contributed by atoms with Gasteiger partial charge in [-0.3, -0.25) is 0 Å². The largest absolute Gasteiger partial charge is 0.465 e. The number of furan rings is 1. The molecule has 0 aliphatic carbocycles. The summed E-state index contributed by atoms with van der Waals surface area (Å²) >= 11 is 5.98. The number of halogens is 1. The zero-order valence-electron chi connectivity index (χ0n) is 16.9. The van der Waals surface area contributed by atoms with Gasteiger partial charge in [-0.25, -0.2) is 4.79 Å². The molecule has 0 radical (unpaired) electrons. The molecule has 3 N–H and O–H groups in total. The van der Waals surface area contributed by atoms with Crippen molar-refractivity contribution in [1.82, 2.24) is 5.32 Å². The quantitative estimate of drug-likeness (QED) is 0.435. The highest BCUT2D eigenvalue weighted by atomic mass is 35.5. The number of hydrogen-bond donors (Lipinski definition) is 3. The summed E-state index contributed by atoms with van der Waals surface area (Å²) in [6.45, 7) is 3.09. The van der Waals surface area contributed by atoms with E-state index in [4.69, 9.17) is 20.8 Å². The van der Waals surface area contributed by atoms with Gasteiger partial charge in [-0.15, -0.1) is 0 Å².